The van der Waals surface area contributed by atoms with Crippen molar-refractivity contribution in [2.45, 2.75) is 25.3 Å². The van der Waals surface area contributed by atoms with E-state index in [2.05, 4.69) is 20.3 Å². The zero-order valence-corrected chi connectivity index (χ0v) is 17.9. The normalized spacial score (nSPS) is 12.9. The van der Waals surface area contributed by atoms with Gasteiger partial charge in [-0.25, -0.2) is 8.78 Å². The first-order chi connectivity index (χ1) is 16.2. The number of phenolic OH excluding ortho intramolecular Hbond substituents is 1. The van der Waals surface area contributed by atoms with Gasteiger partial charge in [0, 0.05) is 12.3 Å². The first-order valence-electron chi connectivity index (χ1n) is 10.3. The number of hydrogen-bond acceptors (Lipinski definition) is 6. The molecule has 4 aromatic rings. The number of pyridine rings is 3. The first-order valence-corrected chi connectivity index (χ1v) is 10.3. The number of carbonyl (C=O) groups excluding carboxylic acids is 1. The van der Waals surface area contributed by atoms with Gasteiger partial charge in [-0.1, -0.05) is 12.1 Å². The molecule has 4 N–H and O–H groups in total. The van der Waals surface area contributed by atoms with Crippen molar-refractivity contribution in [1.82, 2.24) is 20.3 Å². The number of benzene rings is 1. The first kappa shape index (κ1) is 22.8. The maximum Gasteiger partial charge on any atom is 0.256 e. The Morgan fingerprint density at radius 1 is 1.15 bits per heavy atom. The number of amides is 1. The lowest BCUT2D eigenvalue weighted by molar-refractivity contribution is -0.123. The summed E-state index contributed by atoms with van der Waals surface area (Å²) in [4.78, 5) is 36.7. The predicted octanol–water partition coefficient (Wildman–Crippen LogP) is 3.21. The zero-order valence-electron chi connectivity index (χ0n) is 17.9. The Morgan fingerprint density at radius 2 is 1.88 bits per heavy atom. The molecule has 0 spiro atoms. The minimum atomic E-state index is -1.20. The summed E-state index contributed by atoms with van der Waals surface area (Å²) in [6.45, 7) is 1.46. The van der Waals surface area contributed by atoms with Gasteiger partial charge < -0.3 is 20.5 Å². The lowest BCUT2D eigenvalue weighted by Gasteiger charge is -2.21. The van der Waals surface area contributed by atoms with Gasteiger partial charge in [-0.05, 0) is 43.2 Å². The van der Waals surface area contributed by atoms with E-state index in [9.17, 15) is 28.6 Å². The molecule has 0 radical (unpaired) electrons. The second-order valence-electron chi connectivity index (χ2n) is 7.79. The van der Waals surface area contributed by atoms with Gasteiger partial charge in [0.05, 0.1) is 34.9 Å². The summed E-state index contributed by atoms with van der Waals surface area (Å²) < 4.78 is 27.4. The molecule has 0 saturated carbocycles. The van der Waals surface area contributed by atoms with E-state index in [0.29, 0.717) is 17.1 Å². The largest absolute Gasteiger partial charge is 0.508 e. The number of nitrogens with one attached hydrogen (secondary N) is 2. The van der Waals surface area contributed by atoms with Crippen molar-refractivity contribution < 1.29 is 23.8 Å². The van der Waals surface area contributed by atoms with E-state index in [0.717, 1.165) is 6.20 Å². The zero-order chi connectivity index (χ0) is 24.4. The highest BCUT2D eigenvalue weighted by atomic mass is 19.1. The number of halogens is 2. The second-order valence-corrected chi connectivity index (χ2v) is 7.79. The van der Waals surface area contributed by atoms with Crippen LogP contribution >= 0.6 is 0 Å². The van der Waals surface area contributed by atoms with Gasteiger partial charge in [-0.15, -0.1) is 0 Å². The second kappa shape index (κ2) is 9.26. The number of carbonyl (C=O) groups is 1. The Kier molecular flexibility index (Phi) is 6.22. The van der Waals surface area contributed by atoms with E-state index >= 15 is 0 Å². The third-order valence-electron chi connectivity index (χ3n) is 5.43. The standard InChI is InChI=1S/C24H20F2N4O4/c1-12(20-17(26)10-14(25)11-28-20)29-23(33)16(9-13-4-6-15(31)7-5-13)19-22(32)21-18(30-24(19)34)3-2-8-27-21/h2-8,10-12,16,31H,9H2,1H3,(H,29,33)(H2,30,32,34)/t12-,16-/m1/s1. The molecule has 10 heteroatoms. The summed E-state index contributed by atoms with van der Waals surface area (Å²) in [5, 5.41) is 23.0. The molecule has 2 atom stereocenters. The number of rotatable bonds is 6. The van der Waals surface area contributed by atoms with Crippen LogP contribution in [0, 0.1) is 11.6 Å². The molecule has 34 heavy (non-hydrogen) atoms. The van der Waals surface area contributed by atoms with Crippen LogP contribution in [-0.2, 0) is 11.2 Å². The molecule has 0 aliphatic heterocycles. The van der Waals surface area contributed by atoms with Crippen molar-refractivity contribution in [2.24, 2.45) is 0 Å². The van der Waals surface area contributed by atoms with Crippen LogP contribution in [0.5, 0.6) is 11.5 Å². The maximum absolute atomic E-state index is 14.2. The number of aromatic amines is 1. The van der Waals surface area contributed by atoms with Crippen LogP contribution in [0.15, 0.2) is 59.7 Å². The van der Waals surface area contributed by atoms with Gasteiger partial charge in [0.2, 0.25) is 5.91 Å². The number of hydrogen-bond donors (Lipinski definition) is 4. The van der Waals surface area contributed by atoms with E-state index in [-0.39, 0.29) is 28.9 Å². The van der Waals surface area contributed by atoms with Crippen molar-refractivity contribution >= 4 is 16.9 Å². The number of fused-ring (bicyclic) bond motifs is 1. The maximum atomic E-state index is 14.2. The SMILES string of the molecule is C[C@@H](NC(=O)[C@H](Cc1ccc(O)cc1)c1c(O)c2ncccc2[nH]c1=O)c1ncc(F)cc1F. The lowest BCUT2D eigenvalue weighted by Crippen LogP contribution is -2.36. The van der Waals surface area contributed by atoms with Crippen molar-refractivity contribution in [3.63, 3.8) is 0 Å². The molecule has 0 fully saturated rings. The summed E-state index contributed by atoms with van der Waals surface area (Å²) in [6.07, 6.45) is 2.25. The minimum absolute atomic E-state index is 0.0202. The monoisotopic (exact) mass is 466 g/mol. The van der Waals surface area contributed by atoms with Crippen molar-refractivity contribution in [2.75, 3.05) is 0 Å². The third-order valence-corrected chi connectivity index (χ3v) is 5.43. The van der Waals surface area contributed by atoms with Gasteiger partial charge >= 0.3 is 0 Å². The van der Waals surface area contributed by atoms with Crippen LogP contribution in [0.4, 0.5) is 8.78 Å². The van der Waals surface area contributed by atoms with Gasteiger partial charge in [0.25, 0.3) is 5.56 Å². The molecule has 0 unspecified atom stereocenters. The van der Waals surface area contributed by atoms with E-state index in [4.69, 9.17) is 0 Å². The number of phenols is 1. The van der Waals surface area contributed by atoms with Crippen LogP contribution in [-0.4, -0.2) is 31.1 Å². The van der Waals surface area contributed by atoms with Gasteiger partial charge in [0.15, 0.2) is 5.75 Å². The number of H-pyrrole nitrogens is 1. The Hall–Kier alpha value is -4.34. The van der Waals surface area contributed by atoms with Crippen LogP contribution in [0.1, 0.15) is 35.7 Å². The highest BCUT2D eigenvalue weighted by molar-refractivity contribution is 5.89. The van der Waals surface area contributed by atoms with E-state index in [1.807, 2.05) is 0 Å². The highest BCUT2D eigenvalue weighted by Crippen LogP contribution is 2.31. The summed E-state index contributed by atoms with van der Waals surface area (Å²) in [7, 11) is 0. The van der Waals surface area contributed by atoms with Gasteiger partial charge in [0.1, 0.15) is 22.9 Å². The average Bonchev–Trinajstić information content (AvgIpc) is 2.79. The summed E-state index contributed by atoms with van der Waals surface area (Å²) >= 11 is 0. The Morgan fingerprint density at radius 3 is 2.59 bits per heavy atom. The van der Waals surface area contributed by atoms with Crippen LogP contribution in [0.2, 0.25) is 0 Å². The fourth-order valence-electron chi connectivity index (χ4n) is 3.76. The highest BCUT2D eigenvalue weighted by Gasteiger charge is 2.30. The van der Waals surface area contributed by atoms with Gasteiger partial charge in [-0.3, -0.25) is 19.6 Å². The third kappa shape index (κ3) is 4.56. The molecule has 0 aliphatic rings. The fraction of sp³-hybridized carbons (Fsp3) is 0.167. The molecule has 3 aromatic heterocycles. The molecule has 1 aromatic carbocycles. The molecule has 174 valence electrons. The van der Waals surface area contributed by atoms with Crippen molar-refractivity contribution in [1.29, 1.82) is 0 Å². The van der Waals surface area contributed by atoms with E-state index in [1.165, 1.54) is 25.3 Å². The van der Waals surface area contributed by atoms with Crippen molar-refractivity contribution in [3.8, 4) is 11.5 Å². The minimum Gasteiger partial charge on any atom is -0.508 e. The smallest absolute Gasteiger partial charge is 0.256 e. The average molecular weight is 466 g/mol. The molecule has 0 saturated heterocycles. The molecule has 0 aliphatic carbocycles. The van der Waals surface area contributed by atoms with Gasteiger partial charge in [-0.2, -0.15) is 0 Å². The Bertz CT molecular complexity index is 1420. The predicted molar refractivity (Wildman–Crippen MR) is 119 cm³/mol. The molecule has 0 bridgehead atoms. The molecule has 1 amide bonds. The molecular formula is C24H20F2N4O4. The molecular weight excluding hydrogens is 446 g/mol. The quantitative estimate of drug-likeness (QED) is 0.346. The number of aromatic hydroxyl groups is 2. The summed E-state index contributed by atoms with van der Waals surface area (Å²) in [6, 6.07) is 8.85. The summed E-state index contributed by atoms with van der Waals surface area (Å²) in [5.41, 5.74) is -0.0800. The topological polar surface area (TPSA) is 128 Å². The lowest BCUT2D eigenvalue weighted by atomic mass is 9.90. The fourth-order valence-corrected chi connectivity index (χ4v) is 3.76. The number of aromatic nitrogens is 3. The van der Waals surface area contributed by atoms with Crippen LogP contribution in [0.3, 0.4) is 0 Å². The molecule has 8 nitrogen and oxygen atoms in total. The van der Waals surface area contributed by atoms with Crippen LogP contribution in [0.25, 0.3) is 11.0 Å². The van der Waals surface area contributed by atoms with Crippen molar-refractivity contribution in [3.05, 3.63) is 93.7 Å². The Labute approximate surface area is 192 Å². The van der Waals surface area contributed by atoms with E-state index in [1.54, 1.807) is 24.3 Å². The Balaban J connectivity index is 1.75. The van der Waals surface area contributed by atoms with E-state index < -0.39 is 40.8 Å². The van der Waals surface area contributed by atoms with Crippen LogP contribution < -0.4 is 10.9 Å². The molecule has 3 heterocycles. The summed E-state index contributed by atoms with van der Waals surface area (Å²) in [5.74, 6) is -4.11. The molecule has 4 rings (SSSR count). The number of nitrogens with zero attached hydrogens (tertiary/aromatic N) is 2.